The first-order chi connectivity index (χ1) is 12.0. The summed E-state index contributed by atoms with van der Waals surface area (Å²) >= 11 is 0. The molecular weight excluding hydrogens is 322 g/mol. The molecule has 0 aliphatic rings. The van der Waals surface area contributed by atoms with Gasteiger partial charge in [0.05, 0.1) is 24.3 Å². The minimum absolute atomic E-state index is 0.0708. The van der Waals surface area contributed by atoms with Crippen LogP contribution in [0.15, 0.2) is 48.5 Å². The van der Waals surface area contributed by atoms with Gasteiger partial charge in [0, 0.05) is 0 Å². The predicted octanol–water partition coefficient (Wildman–Crippen LogP) is 2.86. The smallest absolute Gasteiger partial charge is 0.347 e. The van der Waals surface area contributed by atoms with E-state index in [1.165, 1.54) is 7.11 Å². The van der Waals surface area contributed by atoms with E-state index in [2.05, 4.69) is 4.74 Å². The largest absolute Gasteiger partial charge is 0.479 e. The Bertz CT molecular complexity index is 775. The normalized spacial score (nSPS) is 11.1. The first-order valence-corrected chi connectivity index (χ1v) is 7.54. The fourth-order valence-corrected chi connectivity index (χ4v) is 1.99. The first-order valence-electron chi connectivity index (χ1n) is 7.54. The molecule has 128 valence electrons. The Morgan fingerprint density at radius 2 is 1.72 bits per heavy atom. The van der Waals surface area contributed by atoms with E-state index in [-0.39, 0.29) is 6.61 Å². The molecule has 0 fully saturated rings. The maximum atomic E-state index is 12.0. The van der Waals surface area contributed by atoms with Gasteiger partial charge in [-0.2, -0.15) is 5.26 Å². The molecule has 0 bridgehead atoms. The quantitative estimate of drug-likeness (QED) is 0.752. The third-order valence-electron chi connectivity index (χ3n) is 3.38. The minimum atomic E-state index is -0.790. The Labute approximate surface area is 145 Å². The number of nitrogens with zero attached hydrogens (tertiary/aromatic N) is 1. The van der Waals surface area contributed by atoms with Gasteiger partial charge in [-0.15, -0.1) is 0 Å². The van der Waals surface area contributed by atoms with Gasteiger partial charge in [0.25, 0.3) is 0 Å². The van der Waals surface area contributed by atoms with Gasteiger partial charge in [-0.1, -0.05) is 12.1 Å². The van der Waals surface area contributed by atoms with Crippen LogP contribution in [-0.4, -0.2) is 25.2 Å². The van der Waals surface area contributed by atoms with Gasteiger partial charge in [0.2, 0.25) is 0 Å². The number of benzene rings is 2. The van der Waals surface area contributed by atoms with E-state index < -0.39 is 18.0 Å². The lowest BCUT2D eigenvalue weighted by molar-refractivity contribution is -0.152. The molecule has 0 aromatic heterocycles. The third kappa shape index (κ3) is 5.08. The van der Waals surface area contributed by atoms with Gasteiger partial charge in [-0.05, 0) is 48.9 Å². The average Bonchev–Trinajstić information content (AvgIpc) is 2.66. The van der Waals surface area contributed by atoms with Crippen LogP contribution in [0.25, 0.3) is 0 Å². The SMILES string of the molecule is COC(=O)c1ccc(COC(=O)[C@@H](C)Oc2ccc(C#N)cc2)cc1. The highest BCUT2D eigenvalue weighted by Gasteiger charge is 2.16. The third-order valence-corrected chi connectivity index (χ3v) is 3.38. The molecule has 6 heteroatoms. The summed E-state index contributed by atoms with van der Waals surface area (Å²) in [5, 5.41) is 8.75. The van der Waals surface area contributed by atoms with Crippen LogP contribution in [0, 0.1) is 11.3 Å². The zero-order valence-corrected chi connectivity index (χ0v) is 13.9. The van der Waals surface area contributed by atoms with Gasteiger partial charge < -0.3 is 14.2 Å². The molecule has 2 rings (SSSR count). The van der Waals surface area contributed by atoms with Crippen molar-refractivity contribution in [1.29, 1.82) is 5.26 Å². The lowest BCUT2D eigenvalue weighted by atomic mass is 10.1. The number of carbonyl (C=O) groups is 2. The van der Waals surface area contributed by atoms with Crippen LogP contribution in [0.2, 0.25) is 0 Å². The van der Waals surface area contributed by atoms with Gasteiger partial charge in [-0.3, -0.25) is 0 Å². The summed E-state index contributed by atoms with van der Waals surface area (Å²) in [7, 11) is 1.31. The van der Waals surface area contributed by atoms with Crippen molar-refractivity contribution in [2.75, 3.05) is 7.11 Å². The number of methoxy groups -OCH3 is 1. The topological polar surface area (TPSA) is 85.6 Å². The fourth-order valence-electron chi connectivity index (χ4n) is 1.99. The van der Waals surface area contributed by atoms with Crippen LogP contribution >= 0.6 is 0 Å². The average molecular weight is 339 g/mol. The molecule has 0 heterocycles. The number of ether oxygens (including phenoxy) is 3. The van der Waals surface area contributed by atoms with Crippen molar-refractivity contribution in [3.8, 4) is 11.8 Å². The number of hydrogen-bond acceptors (Lipinski definition) is 6. The molecule has 0 saturated carbocycles. The molecule has 0 amide bonds. The van der Waals surface area contributed by atoms with Crippen LogP contribution in [0.4, 0.5) is 0 Å². The molecule has 2 aromatic carbocycles. The second-order valence-corrected chi connectivity index (χ2v) is 5.19. The molecular formula is C19H17NO5. The van der Waals surface area contributed by atoms with Crippen molar-refractivity contribution in [3.63, 3.8) is 0 Å². The monoisotopic (exact) mass is 339 g/mol. The molecule has 0 unspecified atom stereocenters. The highest BCUT2D eigenvalue weighted by molar-refractivity contribution is 5.89. The van der Waals surface area contributed by atoms with E-state index in [9.17, 15) is 9.59 Å². The molecule has 0 aliphatic heterocycles. The van der Waals surface area contributed by atoms with Gasteiger partial charge in [0.1, 0.15) is 12.4 Å². The molecule has 0 saturated heterocycles. The Balaban J connectivity index is 1.86. The van der Waals surface area contributed by atoms with Gasteiger partial charge >= 0.3 is 11.9 Å². The molecule has 2 aromatic rings. The van der Waals surface area contributed by atoms with Crippen molar-refractivity contribution in [2.24, 2.45) is 0 Å². The molecule has 25 heavy (non-hydrogen) atoms. The summed E-state index contributed by atoms with van der Waals surface area (Å²) in [6.45, 7) is 1.66. The summed E-state index contributed by atoms with van der Waals surface area (Å²) in [5.74, 6) is -0.458. The molecule has 0 N–H and O–H groups in total. The van der Waals surface area contributed by atoms with E-state index in [0.717, 1.165) is 5.56 Å². The van der Waals surface area contributed by atoms with Gasteiger partial charge in [-0.25, -0.2) is 9.59 Å². The van der Waals surface area contributed by atoms with Crippen LogP contribution < -0.4 is 4.74 Å². The Hall–Kier alpha value is -3.33. The van der Waals surface area contributed by atoms with Crippen LogP contribution in [0.1, 0.15) is 28.4 Å². The predicted molar refractivity (Wildman–Crippen MR) is 88.8 cm³/mol. The number of rotatable bonds is 6. The Kier molecular flexibility index (Phi) is 6.13. The van der Waals surface area contributed by atoms with Crippen molar-refractivity contribution >= 4 is 11.9 Å². The Morgan fingerprint density at radius 3 is 2.28 bits per heavy atom. The summed E-state index contributed by atoms with van der Waals surface area (Å²) < 4.78 is 15.3. The summed E-state index contributed by atoms with van der Waals surface area (Å²) in [4.78, 5) is 23.3. The van der Waals surface area contributed by atoms with Crippen molar-refractivity contribution < 1.29 is 23.8 Å². The maximum absolute atomic E-state index is 12.0. The highest BCUT2D eigenvalue weighted by Crippen LogP contribution is 2.14. The summed E-state index contributed by atoms with van der Waals surface area (Å²) in [6.07, 6.45) is -0.790. The van der Waals surface area contributed by atoms with Crippen LogP contribution in [-0.2, 0) is 20.9 Å². The zero-order chi connectivity index (χ0) is 18.2. The second kappa shape index (κ2) is 8.50. The van der Waals surface area contributed by atoms with E-state index >= 15 is 0 Å². The maximum Gasteiger partial charge on any atom is 0.347 e. The second-order valence-electron chi connectivity index (χ2n) is 5.19. The summed E-state index contributed by atoms with van der Waals surface area (Å²) in [5.41, 5.74) is 1.68. The van der Waals surface area contributed by atoms with Crippen LogP contribution in [0.5, 0.6) is 5.75 Å². The van der Waals surface area contributed by atoms with E-state index in [1.807, 2.05) is 6.07 Å². The lowest BCUT2D eigenvalue weighted by Crippen LogP contribution is -2.26. The Morgan fingerprint density at radius 1 is 1.08 bits per heavy atom. The lowest BCUT2D eigenvalue weighted by Gasteiger charge is -2.14. The van der Waals surface area contributed by atoms with Crippen molar-refractivity contribution in [3.05, 3.63) is 65.2 Å². The number of carbonyl (C=O) groups excluding carboxylic acids is 2. The molecule has 0 radical (unpaired) electrons. The molecule has 1 atom stereocenters. The number of hydrogen-bond donors (Lipinski definition) is 0. The number of nitriles is 1. The number of esters is 2. The molecule has 6 nitrogen and oxygen atoms in total. The van der Waals surface area contributed by atoms with Crippen LogP contribution in [0.3, 0.4) is 0 Å². The van der Waals surface area contributed by atoms with E-state index in [0.29, 0.717) is 16.9 Å². The van der Waals surface area contributed by atoms with Crippen molar-refractivity contribution in [2.45, 2.75) is 19.6 Å². The molecule has 0 spiro atoms. The van der Waals surface area contributed by atoms with E-state index in [1.54, 1.807) is 55.5 Å². The van der Waals surface area contributed by atoms with Crippen molar-refractivity contribution in [1.82, 2.24) is 0 Å². The standard InChI is InChI=1S/C19H17NO5/c1-13(25-17-9-5-14(11-20)6-10-17)18(21)24-12-15-3-7-16(8-4-15)19(22)23-2/h3-10,13H,12H2,1-2H3/t13-/m1/s1. The summed E-state index contributed by atoms with van der Waals surface area (Å²) in [6, 6.07) is 15.0. The fraction of sp³-hybridized carbons (Fsp3) is 0.211. The minimum Gasteiger partial charge on any atom is -0.479 e. The first kappa shape index (κ1) is 18.0. The highest BCUT2D eigenvalue weighted by atomic mass is 16.6. The molecule has 0 aliphatic carbocycles. The van der Waals surface area contributed by atoms with Gasteiger partial charge in [0.15, 0.2) is 6.10 Å². The zero-order valence-electron chi connectivity index (χ0n) is 13.9. The van der Waals surface area contributed by atoms with E-state index in [4.69, 9.17) is 14.7 Å².